The van der Waals surface area contributed by atoms with Crippen molar-refractivity contribution < 1.29 is 0 Å². The van der Waals surface area contributed by atoms with E-state index < -0.39 is 0 Å². The third kappa shape index (κ3) is 15.1. The molecule has 0 unspecified atom stereocenters. The van der Waals surface area contributed by atoms with Gasteiger partial charge in [-0.2, -0.15) is 0 Å². The van der Waals surface area contributed by atoms with Gasteiger partial charge in [0.2, 0.25) is 0 Å². The SMILES string of the molecule is S=C(S)NCCN(CCN(CCN(CCNC(=S)S)C(=S)S)C(=S)S)C(=S)S. The van der Waals surface area contributed by atoms with Crippen LogP contribution in [0.3, 0.4) is 0 Å². The Bertz CT molecular complexity index is 530. The Kier molecular flexibility index (Phi) is 17.6. The summed E-state index contributed by atoms with van der Waals surface area (Å²) in [7, 11) is 0. The van der Waals surface area contributed by atoms with Crippen LogP contribution >= 0.6 is 124 Å². The molecule has 2 N–H and O–H groups in total. The first-order valence-corrected chi connectivity index (χ1v) is 12.2. The molecule has 15 heteroatoms. The van der Waals surface area contributed by atoms with Crippen molar-refractivity contribution in [1.82, 2.24) is 25.3 Å². The van der Waals surface area contributed by atoms with Crippen LogP contribution < -0.4 is 10.6 Å². The fourth-order valence-electron chi connectivity index (χ4n) is 1.99. The molecule has 0 saturated carbocycles. The molecule has 0 aliphatic carbocycles. The molecule has 160 valence electrons. The Morgan fingerprint density at radius 3 is 0.964 bits per heavy atom. The molecule has 0 rings (SSSR count). The number of rotatable bonds is 12. The second kappa shape index (κ2) is 16.8. The molecular weight excluding hydrogens is 547 g/mol. The largest absolute Gasteiger partial charge is 0.369 e. The predicted octanol–water partition coefficient (Wildman–Crippen LogP) is 2.15. The van der Waals surface area contributed by atoms with Gasteiger partial charge in [0.15, 0.2) is 0 Å². The number of nitrogens with zero attached hydrogens (tertiary/aromatic N) is 3. The third-order valence-electron chi connectivity index (χ3n) is 3.41. The third-order valence-corrected chi connectivity index (χ3v) is 5.64. The standard InChI is InChI=1S/C13H23N5S10/c19-9(20)14-1-3-16(11(23)24)5-7-18(13(27)28)8-6-17(12(25)26)4-2-15-10(21)22/h1-8H2,(H,23,24)(H,25,26)(H,27,28)(H2,14,19,20)(H2,15,21,22). The van der Waals surface area contributed by atoms with Gasteiger partial charge in [0.25, 0.3) is 0 Å². The number of hydrogen-bond acceptors (Lipinski definition) is 5. The molecule has 0 aromatic carbocycles. The maximum atomic E-state index is 5.27. The quantitative estimate of drug-likeness (QED) is 0.140. The lowest BCUT2D eigenvalue weighted by Gasteiger charge is -2.31. The predicted molar refractivity (Wildman–Crippen MR) is 159 cm³/mol. The Morgan fingerprint density at radius 1 is 0.500 bits per heavy atom. The van der Waals surface area contributed by atoms with Crippen LogP contribution in [0, 0.1) is 0 Å². The average molecular weight is 570 g/mol. The van der Waals surface area contributed by atoms with E-state index in [9.17, 15) is 0 Å². The van der Waals surface area contributed by atoms with Gasteiger partial charge in [0.1, 0.15) is 21.6 Å². The molecule has 0 saturated heterocycles. The summed E-state index contributed by atoms with van der Waals surface area (Å²) in [5.74, 6) is 0. The van der Waals surface area contributed by atoms with Gasteiger partial charge < -0.3 is 25.3 Å². The van der Waals surface area contributed by atoms with Crippen LogP contribution in [0.15, 0.2) is 0 Å². The molecular formula is C13H23N5S10. The summed E-state index contributed by atoms with van der Waals surface area (Å²) in [6.07, 6.45) is 0. The van der Waals surface area contributed by atoms with Crippen LogP contribution in [0.5, 0.6) is 0 Å². The molecule has 28 heavy (non-hydrogen) atoms. The van der Waals surface area contributed by atoms with Gasteiger partial charge in [0.05, 0.1) is 0 Å². The summed E-state index contributed by atoms with van der Waals surface area (Å²) < 4.78 is 2.39. The lowest BCUT2D eigenvalue weighted by atomic mass is 10.4. The zero-order valence-electron chi connectivity index (χ0n) is 14.8. The Morgan fingerprint density at radius 2 is 0.750 bits per heavy atom. The minimum atomic E-state index is 0.444. The molecule has 5 nitrogen and oxygen atoms in total. The topological polar surface area (TPSA) is 33.8 Å². The Hall–Kier alpha value is 1.20. The lowest BCUT2D eigenvalue weighted by molar-refractivity contribution is 0.321. The molecule has 0 bridgehead atoms. The number of thiol groups is 5. The van der Waals surface area contributed by atoms with Gasteiger partial charge in [-0.25, -0.2) is 0 Å². The minimum absolute atomic E-state index is 0.444. The first-order valence-electron chi connectivity index (χ1n) is 7.91. The summed E-state index contributed by atoms with van der Waals surface area (Å²) >= 11 is 46.4. The smallest absolute Gasteiger partial charge is 0.133 e. The molecule has 0 atom stereocenters. The molecule has 0 aromatic heterocycles. The van der Waals surface area contributed by atoms with Crippen molar-refractivity contribution in [3.8, 4) is 0 Å². The second-order valence-corrected chi connectivity index (χ2v) is 10.9. The molecule has 0 heterocycles. The number of hydrogen-bond donors (Lipinski definition) is 7. The fourth-order valence-corrected chi connectivity index (χ4v) is 3.56. The van der Waals surface area contributed by atoms with E-state index in [1.165, 1.54) is 0 Å². The highest BCUT2D eigenvalue weighted by atomic mass is 32.2. The summed E-state index contributed by atoms with van der Waals surface area (Å²) in [6.45, 7) is 5.11. The maximum absolute atomic E-state index is 5.27. The van der Waals surface area contributed by atoms with Crippen LogP contribution in [-0.4, -0.2) is 88.7 Å². The summed E-state index contributed by atoms with van der Waals surface area (Å²) in [6, 6.07) is 0. The Balaban J connectivity index is 4.63. The van der Waals surface area contributed by atoms with Crippen molar-refractivity contribution in [3.63, 3.8) is 0 Å². The van der Waals surface area contributed by atoms with Gasteiger partial charge in [-0.15, -0.1) is 63.1 Å². The van der Waals surface area contributed by atoms with E-state index in [0.29, 0.717) is 74.0 Å². The van der Waals surface area contributed by atoms with E-state index in [2.05, 4.69) is 73.8 Å². The second-order valence-electron chi connectivity index (χ2n) is 5.27. The molecule has 0 aromatic rings. The summed E-state index contributed by atoms with van der Waals surface area (Å²) in [5.41, 5.74) is 0. The van der Waals surface area contributed by atoms with Gasteiger partial charge in [-0.05, 0) is 0 Å². The van der Waals surface area contributed by atoms with Crippen molar-refractivity contribution >= 4 is 146 Å². The molecule has 0 spiro atoms. The summed E-state index contributed by atoms with van der Waals surface area (Å²) in [5, 5.41) is 5.95. The molecule has 0 radical (unpaired) electrons. The molecule has 0 aliphatic rings. The highest BCUT2D eigenvalue weighted by Crippen LogP contribution is 2.04. The molecule has 0 aliphatic heterocycles. The summed E-state index contributed by atoms with van der Waals surface area (Å²) in [4.78, 5) is 5.88. The first kappa shape index (κ1) is 29.2. The van der Waals surface area contributed by atoms with Crippen LogP contribution in [0.25, 0.3) is 0 Å². The van der Waals surface area contributed by atoms with Crippen LogP contribution in [0.2, 0.25) is 0 Å². The van der Waals surface area contributed by atoms with E-state index in [1.54, 1.807) is 0 Å². The molecule has 0 amide bonds. The minimum Gasteiger partial charge on any atom is -0.369 e. The van der Waals surface area contributed by atoms with Crippen molar-refractivity contribution in [1.29, 1.82) is 0 Å². The van der Waals surface area contributed by atoms with Gasteiger partial charge in [-0.3, -0.25) is 0 Å². The van der Waals surface area contributed by atoms with Crippen molar-refractivity contribution in [2.45, 2.75) is 0 Å². The normalized spacial score (nSPS) is 10.0. The van der Waals surface area contributed by atoms with E-state index in [1.807, 2.05) is 14.7 Å². The monoisotopic (exact) mass is 569 g/mol. The van der Waals surface area contributed by atoms with E-state index in [-0.39, 0.29) is 0 Å². The highest BCUT2D eigenvalue weighted by Gasteiger charge is 2.14. The Labute approximate surface area is 221 Å². The number of thiocarbonyl (C=S) groups is 5. The van der Waals surface area contributed by atoms with E-state index >= 15 is 0 Å². The van der Waals surface area contributed by atoms with Crippen molar-refractivity contribution in [2.24, 2.45) is 0 Å². The fraction of sp³-hybridized carbons (Fsp3) is 0.615. The van der Waals surface area contributed by atoms with E-state index in [0.717, 1.165) is 0 Å². The molecule has 0 fully saturated rings. The maximum Gasteiger partial charge on any atom is 0.133 e. The highest BCUT2D eigenvalue weighted by molar-refractivity contribution is 8.12. The van der Waals surface area contributed by atoms with Gasteiger partial charge in [0, 0.05) is 52.4 Å². The van der Waals surface area contributed by atoms with Crippen molar-refractivity contribution in [3.05, 3.63) is 0 Å². The zero-order chi connectivity index (χ0) is 21.7. The number of nitrogens with one attached hydrogen (secondary N) is 2. The van der Waals surface area contributed by atoms with Gasteiger partial charge in [-0.1, -0.05) is 61.1 Å². The zero-order valence-corrected chi connectivity index (χ0v) is 23.3. The van der Waals surface area contributed by atoms with Crippen LogP contribution in [0.4, 0.5) is 0 Å². The van der Waals surface area contributed by atoms with Gasteiger partial charge >= 0.3 is 0 Å². The van der Waals surface area contributed by atoms with Crippen LogP contribution in [-0.2, 0) is 0 Å². The average Bonchev–Trinajstić information content (AvgIpc) is 2.56. The van der Waals surface area contributed by atoms with Crippen molar-refractivity contribution in [2.75, 3.05) is 52.4 Å². The van der Waals surface area contributed by atoms with E-state index in [4.69, 9.17) is 61.1 Å². The first-order chi connectivity index (χ1) is 13.0. The van der Waals surface area contributed by atoms with Crippen LogP contribution in [0.1, 0.15) is 0 Å². The lowest BCUT2D eigenvalue weighted by Crippen LogP contribution is -2.44.